The van der Waals surface area contributed by atoms with Gasteiger partial charge < -0.3 is 20.2 Å². The highest BCUT2D eigenvalue weighted by molar-refractivity contribution is 5.75. The summed E-state index contributed by atoms with van der Waals surface area (Å²) in [5, 5.41) is 18.4. The van der Waals surface area contributed by atoms with Gasteiger partial charge in [-0.05, 0) is 0 Å². The molecule has 0 spiro atoms. The normalized spacial score (nSPS) is 13.6. The molecule has 2 rings (SSSR count). The Labute approximate surface area is 125 Å². The van der Waals surface area contributed by atoms with Crippen LogP contribution in [0.3, 0.4) is 0 Å². The number of rotatable bonds is 9. The average Bonchev–Trinajstić information content (AvgIpc) is 3.14. The molecule has 2 aromatic heterocycles. The number of carboxylic acid groups (broad SMARTS) is 2. The number of hydrogen-bond acceptors (Lipinski definition) is 6. The van der Waals surface area contributed by atoms with Crippen molar-refractivity contribution in [3.8, 4) is 0 Å². The lowest BCUT2D eigenvalue weighted by Crippen LogP contribution is -2.54. The number of imidazole rings is 2. The summed E-state index contributed by atoms with van der Waals surface area (Å²) in [6.45, 7) is 0. The fraction of sp³-hybridized carbons (Fsp3) is 0.333. The molecule has 2 atom stereocenters. The maximum absolute atomic E-state index is 11.2. The second kappa shape index (κ2) is 7.33. The van der Waals surface area contributed by atoms with Crippen LogP contribution in [0, 0.1) is 0 Å². The highest BCUT2D eigenvalue weighted by atomic mass is 16.4. The summed E-state index contributed by atoms with van der Waals surface area (Å²) in [5.41, 5.74) is 6.33. The van der Waals surface area contributed by atoms with E-state index in [1.807, 2.05) is 0 Å². The van der Waals surface area contributed by atoms with Crippen LogP contribution < -0.4 is 10.9 Å². The number of H-pyrrole nitrogens is 2. The first-order valence-corrected chi connectivity index (χ1v) is 6.47. The van der Waals surface area contributed by atoms with Gasteiger partial charge in [-0.3, -0.25) is 9.59 Å². The van der Waals surface area contributed by atoms with Crippen molar-refractivity contribution in [3.05, 3.63) is 36.4 Å². The average molecular weight is 308 g/mol. The highest BCUT2D eigenvalue weighted by Gasteiger charge is 2.23. The van der Waals surface area contributed by atoms with Crippen LogP contribution in [0.4, 0.5) is 0 Å². The molecule has 0 saturated carbocycles. The van der Waals surface area contributed by atoms with Crippen LogP contribution in [0.1, 0.15) is 11.4 Å². The van der Waals surface area contributed by atoms with E-state index in [9.17, 15) is 19.8 Å². The number of carboxylic acids is 2. The van der Waals surface area contributed by atoms with Gasteiger partial charge in [0.05, 0.1) is 12.7 Å². The summed E-state index contributed by atoms with van der Waals surface area (Å²) in [6, 6.07) is -1.99. The number of carbonyl (C=O) groups is 2. The molecule has 0 bridgehead atoms. The van der Waals surface area contributed by atoms with Crippen molar-refractivity contribution >= 4 is 11.9 Å². The molecule has 118 valence electrons. The molecule has 0 saturated heterocycles. The van der Waals surface area contributed by atoms with Crippen molar-refractivity contribution in [2.45, 2.75) is 24.9 Å². The third kappa shape index (κ3) is 4.40. The third-order valence-electron chi connectivity index (χ3n) is 2.99. The van der Waals surface area contributed by atoms with Crippen LogP contribution in [0.25, 0.3) is 0 Å². The first kappa shape index (κ1) is 15.7. The van der Waals surface area contributed by atoms with E-state index in [4.69, 9.17) is 0 Å². The van der Waals surface area contributed by atoms with Crippen molar-refractivity contribution in [1.82, 2.24) is 30.8 Å². The van der Waals surface area contributed by atoms with Gasteiger partial charge in [-0.2, -0.15) is 0 Å². The van der Waals surface area contributed by atoms with Gasteiger partial charge in [0.15, 0.2) is 0 Å². The Morgan fingerprint density at radius 2 is 1.36 bits per heavy atom. The number of aromatic amines is 2. The van der Waals surface area contributed by atoms with Crippen molar-refractivity contribution in [1.29, 1.82) is 0 Å². The molecule has 0 aliphatic rings. The van der Waals surface area contributed by atoms with E-state index in [1.165, 1.54) is 25.0 Å². The summed E-state index contributed by atoms with van der Waals surface area (Å²) in [6.07, 6.45) is 6.19. The van der Waals surface area contributed by atoms with Gasteiger partial charge in [-0.1, -0.05) is 0 Å². The number of nitrogens with zero attached hydrogens (tertiary/aromatic N) is 2. The largest absolute Gasteiger partial charge is 0.480 e. The van der Waals surface area contributed by atoms with Gasteiger partial charge in [0.2, 0.25) is 0 Å². The molecule has 0 aliphatic carbocycles. The zero-order valence-corrected chi connectivity index (χ0v) is 11.5. The predicted octanol–water partition coefficient (Wildman–Crippen LogP) is -1.08. The number of hydrazine groups is 1. The molecule has 0 aliphatic heterocycles. The molecule has 0 fully saturated rings. The van der Waals surface area contributed by atoms with E-state index < -0.39 is 24.0 Å². The summed E-state index contributed by atoms with van der Waals surface area (Å²) < 4.78 is 0. The fourth-order valence-corrected chi connectivity index (χ4v) is 1.83. The van der Waals surface area contributed by atoms with E-state index >= 15 is 0 Å². The Hall–Kier alpha value is -2.72. The van der Waals surface area contributed by atoms with Gasteiger partial charge in [0.25, 0.3) is 0 Å². The quantitative estimate of drug-likeness (QED) is 0.319. The minimum Gasteiger partial charge on any atom is -0.480 e. The second-order valence-corrected chi connectivity index (χ2v) is 4.63. The predicted molar refractivity (Wildman–Crippen MR) is 73.7 cm³/mol. The molecule has 10 nitrogen and oxygen atoms in total. The standard InChI is InChI=1S/C12H16N6O4/c19-11(20)9(1-7-3-13-5-15-7)17-18-10(12(21)22)2-8-4-14-6-16-8/h3-6,9-10,17-18H,1-2H2,(H,13,15)(H,14,16)(H,19,20)(H,21,22)/t9-,10-/m0/s1. The summed E-state index contributed by atoms with van der Waals surface area (Å²) in [7, 11) is 0. The minimum absolute atomic E-state index is 0.138. The maximum atomic E-state index is 11.2. The van der Waals surface area contributed by atoms with Crippen LogP contribution in [-0.4, -0.2) is 54.2 Å². The molecule has 6 N–H and O–H groups in total. The fourth-order valence-electron chi connectivity index (χ4n) is 1.83. The number of nitrogens with one attached hydrogen (secondary N) is 4. The molecule has 10 heteroatoms. The molecule has 0 radical (unpaired) electrons. The van der Waals surface area contributed by atoms with Crippen molar-refractivity contribution < 1.29 is 19.8 Å². The van der Waals surface area contributed by atoms with Crippen LogP contribution in [0.5, 0.6) is 0 Å². The van der Waals surface area contributed by atoms with Crippen LogP contribution in [0.15, 0.2) is 25.0 Å². The van der Waals surface area contributed by atoms with E-state index in [0.717, 1.165) is 0 Å². The maximum Gasteiger partial charge on any atom is 0.322 e. The van der Waals surface area contributed by atoms with Gasteiger partial charge in [-0.25, -0.2) is 20.8 Å². The van der Waals surface area contributed by atoms with E-state index in [-0.39, 0.29) is 12.8 Å². The van der Waals surface area contributed by atoms with Crippen LogP contribution >= 0.6 is 0 Å². The Kier molecular flexibility index (Phi) is 5.22. The van der Waals surface area contributed by atoms with Crippen LogP contribution in [0.2, 0.25) is 0 Å². The second-order valence-electron chi connectivity index (χ2n) is 4.63. The Balaban J connectivity index is 1.93. The summed E-state index contributed by atoms with van der Waals surface area (Å²) in [4.78, 5) is 35.7. The zero-order chi connectivity index (χ0) is 15.9. The SMILES string of the molecule is O=C(O)[C@H](Cc1cnc[nH]1)NN[C@@H](Cc1cnc[nH]1)C(=O)O. The Morgan fingerprint density at radius 3 is 1.64 bits per heavy atom. The molecular formula is C12H16N6O4. The molecule has 0 unspecified atom stereocenters. The van der Waals surface area contributed by atoms with E-state index in [1.54, 1.807) is 0 Å². The Morgan fingerprint density at radius 1 is 0.955 bits per heavy atom. The minimum atomic E-state index is -1.10. The number of aliphatic carboxylic acids is 2. The number of aromatic nitrogens is 4. The monoisotopic (exact) mass is 308 g/mol. The molecular weight excluding hydrogens is 292 g/mol. The lowest BCUT2D eigenvalue weighted by Gasteiger charge is -2.19. The first-order valence-electron chi connectivity index (χ1n) is 6.47. The topological polar surface area (TPSA) is 156 Å². The summed E-state index contributed by atoms with van der Waals surface area (Å²) in [5.74, 6) is -2.21. The zero-order valence-electron chi connectivity index (χ0n) is 11.5. The molecule has 2 aromatic rings. The van der Waals surface area contributed by atoms with Crippen LogP contribution in [-0.2, 0) is 22.4 Å². The highest BCUT2D eigenvalue weighted by Crippen LogP contribution is 2.01. The molecule has 0 amide bonds. The van der Waals surface area contributed by atoms with Crippen molar-refractivity contribution in [3.63, 3.8) is 0 Å². The first-order chi connectivity index (χ1) is 10.6. The van der Waals surface area contributed by atoms with Crippen molar-refractivity contribution in [2.24, 2.45) is 0 Å². The Bertz CT molecular complexity index is 543. The summed E-state index contributed by atoms with van der Waals surface area (Å²) >= 11 is 0. The van der Waals surface area contributed by atoms with Gasteiger partial charge in [0.1, 0.15) is 12.1 Å². The molecule has 22 heavy (non-hydrogen) atoms. The lowest BCUT2D eigenvalue weighted by molar-refractivity contribution is -0.143. The molecule has 2 heterocycles. The van der Waals surface area contributed by atoms with E-state index in [2.05, 4.69) is 30.8 Å². The van der Waals surface area contributed by atoms with Crippen molar-refractivity contribution in [2.75, 3.05) is 0 Å². The third-order valence-corrected chi connectivity index (χ3v) is 2.99. The number of hydrogen-bond donors (Lipinski definition) is 6. The van der Waals surface area contributed by atoms with E-state index in [0.29, 0.717) is 11.4 Å². The molecule has 0 aromatic carbocycles. The lowest BCUT2D eigenvalue weighted by atomic mass is 10.1. The van der Waals surface area contributed by atoms with Gasteiger partial charge in [0, 0.05) is 36.6 Å². The van der Waals surface area contributed by atoms with Gasteiger partial charge >= 0.3 is 11.9 Å². The smallest absolute Gasteiger partial charge is 0.322 e. The van der Waals surface area contributed by atoms with Gasteiger partial charge in [-0.15, -0.1) is 0 Å².